The van der Waals surface area contributed by atoms with Crippen LogP contribution in [-0.2, 0) is 4.74 Å². The minimum absolute atomic E-state index is 0.0842. The van der Waals surface area contributed by atoms with E-state index in [1.165, 1.54) is 0 Å². The maximum atomic E-state index is 11.8. The molecule has 2 N–H and O–H groups in total. The number of amides is 1. The predicted molar refractivity (Wildman–Crippen MR) is 96.9 cm³/mol. The second-order valence-electron chi connectivity index (χ2n) is 7.62. The standard InChI is InChI=1S/C18H27N3O4/c1-12-5-10-15(16(11-12)21(23)24)19-13-6-8-14(9-7-13)20-17(22)25-18(2,3)4/h5,10-11,13-14,19H,6-9H2,1-4H3,(H,20,22). The van der Waals surface area contributed by atoms with Gasteiger partial charge in [-0.25, -0.2) is 4.79 Å². The van der Waals surface area contributed by atoms with E-state index in [0.717, 1.165) is 31.2 Å². The summed E-state index contributed by atoms with van der Waals surface area (Å²) in [7, 11) is 0. The second kappa shape index (κ2) is 7.72. The Morgan fingerprint density at radius 3 is 2.36 bits per heavy atom. The molecule has 1 aliphatic carbocycles. The predicted octanol–water partition coefficient (Wildman–Crippen LogP) is 4.15. The van der Waals surface area contributed by atoms with Gasteiger partial charge in [-0.1, -0.05) is 6.07 Å². The Kier molecular flexibility index (Phi) is 5.87. The SMILES string of the molecule is Cc1ccc(NC2CCC(NC(=O)OC(C)(C)C)CC2)c([N+](=O)[O-])c1. The molecule has 0 spiro atoms. The van der Waals surface area contributed by atoms with Crippen molar-refractivity contribution in [1.82, 2.24) is 5.32 Å². The van der Waals surface area contributed by atoms with Crippen LogP contribution in [0, 0.1) is 17.0 Å². The Morgan fingerprint density at radius 2 is 1.80 bits per heavy atom. The van der Waals surface area contributed by atoms with E-state index in [9.17, 15) is 14.9 Å². The molecule has 1 fully saturated rings. The van der Waals surface area contributed by atoms with E-state index in [1.54, 1.807) is 12.1 Å². The molecule has 1 saturated carbocycles. The van der Waals surface area contributed by atoms with Gasteiger partial charge in [-0.3, -0.25) is 10.1 Å². The number of rotatable bonds is 4. The number of nitrogens with one attached hydrogen (secondary N) is 2. The van der Waals surface area contributed by atoms with E-state index in [-0.39, 0.29) is 22.7 Å². The molecule has 0 radical (unpaired) electrons. The third kappa shape index (κ3) is 5.92. The molecule has 0 bridgehead atoms. The van der Waals surface area contributed by atoms with Gasteiger partial charge in [0.15, 0.2) is 0 Å². The van der Waals surface area contributed by atoms with Gasteiger partial charge in [0.1, 0.15) is 11.3 Å². The van der Waals surface area contributed by atoms with Gasteiger partial charge in [0.2, 0.25) is 0 Å². The summed E-state index contributed by atoms with van der Waals surface area (Å²) in [6.45, 7) is 7.34. The van der Waals surface area contributed by atoms with Crippen molar-refractivity contribution >= 4 is 17.5 Å². The molecule has 1 aromatic rings. The lowest BCUT2D eigenvalue weighted by molar-refractivity contribution is -0.384. The van der Waals surface area contributed by atoms with Crippen LogP contribution in [0.2, 0.25) is 0 Å². The Hall–Kier alpha value is -2.31. The van der Waals surface area contributed by atoms with Crippen LogP contribution in [0.5, 0.6) is 0 Å². The lowest BCUT2D eigenvalue weighted by Gasteiger charge is -2.31. The fourth-order valence-electron chi connectivity index (χ4n) is 2.99. The molecule has 0 aliphatic heterocycles. The van der Waals surface area contributed by atoms with Crippen LogP contribution in [0.25, 0.3) is 0 Å². The molecule has 138 valence electrons. The molecule has 0 unspecified atom stereocenters. The zero-order valence-corrected chi connectivity index (χ0v) is 15.3. The summed E-state index contributed by atoms with van der Waals surface area (Å²) in [5.41, 5.74) is 1.02. The van der Waals surface area contributed by atoms with Gasteiger partial charge in [-0.05, 0) is 65.0 Å². The number of benzene rings is 1. The van der Waals surface area contributed by atoms with Crippen molar-refractivity contribution in [1.29, 1.82) is 0 Å². The maximum Gasteiger partial charge on any atom is 0.407 e. The summed E-state index contributed by atoms with van der Waals surface area (Å²) in [6, 6.07) is 5.46. The summed E-state index contributed by atoms with van der Waals surface area (Å²) in [6.07, 6.45) is 2.92. The number of ether oxygens (including phenoxy) is 1. The molecule has 1 aliphatic rings. The molecule has 7 nitrogen and oxygen atoms in total. The van der Waals surface area contributed by atoms with Gasteiger partial charge in [0.25, 0.3) is 5.69 Å². The number of hydrogen-bond acceptors (Lipinski definition) is 5. The number of anilines is 1. The van der Waals surface area contributed by atoms with E-state index < -0.39 is 11.7 Å². The molecule has 2 rings (SSSR count). The van der Waals surface area contributed by atoms with Crippen molar-refractivity contribution in [2.45, 2.75) is 71.1 Å². The van der Waals surface area contributed by atoms with Crippen molar-refractivity contribution < 1.29 is 14.5 Å². The zero-order valence-electron chi connectivity index (χ0n) is 15.3. The normalized spacial score (nSPS) is 20.6. The molecule has 0 heterocycles. The van der Waals surface area contributed by atoms with Crippen molar-refractivity contribution in [2.75, 3.05) is 5.32 Å². The largest absolute Gasteiger partial charge is 0.444 e. The third-order valence-corrected chi connectivity index (χ3v) is 4.16. The van der Waals surface area contributed by atoms with Crippen molar-refractivity contribution in [2.24, 2.45) is 0 Å². The third-order valence-electron chi connectivity index (χ3n) is 4.16. The van der Waals surface area contributed by atoms with E-state index >= 15 is 0 Å². The topological polar surface area (TPSA) is 93.5 Å². The number of alkyl carbamates (subject to hydrolysis) is 1. The van der Waals surface area contributed by atoms with E-state index in [1.807, 2.05) is 33.8 Å². The minimum atomic E-state index is -0.507. The highest BCUT2D eigenvalue weighted by atomic mass is 16.6. The highest BCUT2D eigenvalue weighted by molar-refractivity contribution is 5.68. The van der Waals surface area contributed by atoms with Crippen molar-refractivity contribution in [3.63, 3.8) is 0 Å². The highest BCUT2D eigenvalue weighted by Gasteiger charge is 2.26. The summed E-state index contributed by atoms with van der Waals surface area (Å²) in [5.74, 6) is 0. The number of nitro groups is 1. The van der Waals surface area contributed by atoms with Crippen LogP contribution in [0.15, 0.2) is 18.2 Å². The molecule has 0 saturated heterocycles. The van der Waals surface area contributed by atoms with Gasteiger partial charge in [-0.15, -0.1) is 0 Å². The minimum Gasteiger partial charge on any atom is -0.444 e. The highest BCUT2D eigenvalue weighted by Crippen LogP contribution is 2.29. The lowest BCUT2D eigenvalue weighted by atomic mass is 9.91. The van der Waals surface area contributed by atoms with Gasteiger partial charge < -0.3 is 15.4 Å². The Balaban J connectivity index is 1.87. The Labute approximate surface area is 148 Å². The van der Waals surface area contributed by atoms with Gasteiger partial charge in [-0.2, -0.15) is 0 Å². The summed E-state index contributed by atoms with van der Waals surface area (Å²) in [4.78, 5) is 22.7. The van der Waals surface area contributed by atoms with Crippen LogP contribution in [0.3, 0.4) is 0 Å². The van der Waals surface area contributed by atoms with Crippen LogP contribution >= 0.6 is 0 Å². The quantitative estimate of drug-likeness (QED) is 0.629. The molecule has 25 heavy (non-hydrogen) atoms. The molecule has 0 atom stereocenters. The molecule has 7 heteroatoms. The molecular formula is C18H27N3O4. The van der Waals surface area contributed by atoms with Gasteiger partial charge >= 0.3 is 6.09 Å². The first-order valence-corrected chi connectivity index (χ1v) is 8.65. The molecular weight excluding hydrogens is 322 g/mol. The fraction of sp³-hybridized carbons (Fsp3) is 0.611. The molecule has 1 amide bonds. The Morgan fingerprint density at radius 1 is 1.20 bits per heavy atom. The van der Waals surface area contributed by atoms with Crippen LogP contribution in [0.4, 0.5) is 16.2 Å². The fourth-order valence-corrected chi connectivity index (χ4v) is 2.99. The monoisotopic (exact) mass is 349 g/mol. The van der Waals surface area contributed by atoms with E-state index in [4.69, 9.17) is 4.74 Å². The zero-order chi connectivity index (χ0) is 18.6. The van der Waals surface area contributed by atoms with Crippen LogP contribution in [0.1, 0.15) is 52.0 Å². The number of carbonyl (C=O) groups excluding carboxylic acids is 1. The first-order valence-electron chi connectivity index (χ1n) is 8.65. The number of nitro benzene ring substituents is 1. The smallest absolute Gasteiger partial charge is 0.407 e. The first-order chi connectivity index (χ1) is 11.6. The van der Waals surface area contributed by atoms with Gasteiger partial charge in [0, 0.05) is 18.2 Å². The average molecular weight is 349 g/mol. The number of hydrogen-bond donors (Lipinski definition) is 2. The Bertz CT molecular complexity index is 632. The molecule has 0 aromatic heterocycles. The first kappa shape index (κ1) is 19.0. The number of nitrogens with zero attached hydrogens (tertiary/aromatic N) is 1. The van der Waals surface area contributed by atoms with E-state index in [0.29, 0.717) is 5.69 Å². The number of carbonyl (C=O) groups is 1. The summed E-state index contributed by atoms with van der Waals surface area (Å²) in [5, 5.41) is 17.4. The van der Waals surface area contributed by atoms with Crippen LogP contribution < -0.4 is 10.6 Å². The molecule has 1 aromatic carbocycles. The average Bonchev–Trinajstić information content (AvgIpc) is 2.49. The van der Waals surface area contributed by atoms with Crippen LogP contribution in [-0.4, -0.2) is 28.7 Å². The van der Waals surface area contributed by atoms with E-state index in [2.05, 4.69) is 10.6 Å². The lowest BCUT2D eigenvalue weighted by Crippen LogP contribution is -2.42. The van der Waals surface area contributed by atoms with Crippen molar-refractivity contribution in [3.8, 4) is 0 Å². The number of aryl methyl sites for hydroxylation is 1. The second-order valence-corrected chi connectivity index (χ2v) is 7.62. The van der Waals surface area contributed by atoms with Crippen molar-refractivity contribution in [3.05, 3.63) is 33.9 Å². The summed E-state index contributed by atoms with van der Waals surface area (Å²) < 4.78 is 5.28. The van der Waals surface area contributed by atoms with Gasteiger partial charge in [0.05, 0.1) is 4.92 Å². The maximum absolute atomic E-state index is 11.8. The summed E-state index contributed by atoms with van der Waals surface area (Å²) >= 11 is 0.